The molecule has 0 bridgehead atoms. The van der Waals surface area contributed by atoms with Gasteiger partial charge >= 0.3 is 6.18 Å². The van der Waals surface area contributed by atoms with E-state index >= 15 is 0 Å². The SMILES string of the molecule is FC(F)(F)c1cccc(-c2nc(C3CCNCC3)no2)c1. The van der Waals surface area contributed by atoms with Crippen molar-refractivity contribution < 1.29 is 17.7 Å². The van der Waals surface area contributed by atoms with Crippen LogP contribution in [0.2, 0.25) is 0 Å². The van der Waals surface area contributed by atoms with Gasteiger partial charge < -0.3 is 9.84 Å². The van der Waals surface area contributed by atoms with Crippen LogP contribution in [0.1, 0.15) is 30.1 Å². The molecule has 2 aromatic rings. The van der Waals surface area contributed by atoms with Gasteiger partial charge in [-0.2, -0.15) is 18.2 Å². The van der Waals surface area contributed by atoms with Gasteiger partial charge in [-0.25, -0.2) is 0 Å². The van der Waals surface area contributed by atoms with E-state index in [-0.39, 0.29) is 17.4 Å². The molecule has 1 N–H and O–H groups in total. The molecular weight excluding hydrogens is 283 g/mol. The van der Waals surface area contributed by atoms with Gasteiger partial charge in [0.25, 0.3) is 5.89 Å². The first kappa shape index (κ1) is 14.1. The monoisotopic (exact) mass is 297 g/mol. The van der Waals surface area contributed by atoms with E-state index in [0.29, 0.717) is 5.82 Å². The average molecular weight is 297 g/mol. The fraction of sp³-hybridized carbons (Fsp3) is 0.429. The summed E-state index contributed by atoms with van der Waals surface area (Å²) in [7, 11) is 0. The number of halogens is 3. The predicted octanol–water partition coefficient (Wildman–Crippen LogP) is 3.22. The number of hydrogen-bond donors (Lipinski definition) is 1. The summed E-state index contributed by atoms with van der Waals surface area (Å²) in [6.45, 7) is 1.77. The molecule has 0 spiro atoms. The van der Waals surface area contributed by atoms with Crippen LogP contribution in [0.5, 0.6) is 0 Å². The Balaban J connectivity index is 1.86. The van der Waals surface area contributed by atoms with E-state index < -0.39 is 11.7 Å². The molecule has 1 saturated heterocycles. The highest BCUT2D eigenvalue weighted by molar-refractivity contribution is 5.54. The highest BCUT2D eigenvalue weighted by Crippen LogP contribution is 2.32. The van der Waals surface area contributed by atoms with Crippen molar-refractivity contribution in [2.75, 3.05) is 13.1 Å². The molecule has 1 aliphatic rings. The molecule has 0 atom stereocenters. The lowest BCUT2D eigenvalue weighted by Crippen LogP contribution is -2.27. The van der Waals surface area contributed by atoms with Crippen molar-refractivity contribution in [2.45, 2.75) is 24.9 Å². The second-order valence-electron chi connectivity index (χ2n) is 5.06. The molecule has 0 radical (unpaired) electrons. The maximum Gasteiger partial charge on any atom is 0.416 e. The Morgan fingerprint density at radius 3 is 2.67 bits per heavy atom. The summed E-state index contributed by atoms with van der Waals surface area (Å²) in [6.07, 6.45) is -2.57. The number of nitrogens with zero attached hydrogens (tertiary/aromatic N) is 2. The van der Waals surface area contributed by atoms with E-state index in [9.17, 15) is 13.2 Å². The summed E-state index contributed by atoms with van der Waals surface area (Å²) in [5.41, 5.74) is -0.431. The van der Waals surface area contributed by atoms with E-state index in [1.807, 2.05) is 0 Å². The highest BCUT2D eigenvalue weighted by Gasteiger charge is 2.31. The maximum absolute atomic E-state index is 12.7. The average Bonchev–Trinajstić information content (AvgIpc) is 2.97. The van der Waals surface area contributed by atoms with Crippen molar-refractivity contribution in [3.63, 3.8) is 0 Å². The standard InChI is InChI=1S/C14H14F3N3O/c15-14(16,17)11-3-1-2-10(8-11)13-19-12(20-21-13)9-4-6-18-7-5-9/h1-3,8-9,18H,4-7H2. The first-order chi connectivity index (χ1) is 10.0. The Kier molecular flexibility index (Phi) is 3.67. The van der Waals surface area contributed by atoms with Crippen LogP contribution in [-0.4, -0.2) is 23.2 Å². The molecule has 112 valence electrons. The quantitative estimate of drug-likeness (QED) is 0.924. The number of hydrogen-bond acceptors (Lipinski definition) is 4. The number of aromatic nitrogens is 2. The zero-order valence-corrected chi connectivity index (χ0v) is 11.2. The Hall–Kier alpha value is -1.89. The molecule has 1 aromatic carbocycles. The second kappa shape index (κ2) is 5.48. The van der Waals surface area contributed by atoms with Crippen molar-refractivity contribution in [3.05, 3.63) is 35.7 Å². The van der Waals surface area contributed by atoms with E-state index in [1.165, 1.54) is 12.1 Å². The summed E-state index contributed by atoms with van der Waals surface area (Å²) in [5, 5.41) is 7.15. The van der Waals surface area contributed by atoms with E-state index in [0.717, 1.165) is 38.1 Å². The molecule has 0 amide bonds. The molecule has 0 unspecified atom stereocenters. The molecule has 3 rings (SSSR count). The van der Waals surface area contributed by atoms with Gasteiger partial charge in [0.1, 0.15) is 0 Å². The van der Waals surface area contributed by atoms with Crippen molar-refractivity contribution >= 4 is 0 Å². The van der Waals surface area contributed by atoms with Crippen molar-refractivity contribution in [3.8, 4) is 11.5 Å². The molecule has 21 heavy (non-hydrogen) atoms. The number of benzene rings is 1. The third-order valence-electron chi connectivity index (χ3n) is 3.58. The number of nitrogens with one attached hydrogen (secondary N) is 1. The number of rotatable bonds is 2. The largest absolute Gasteiger partial charge is 0.416 e. The molecule has 0 saturated carbocycles. The summed E-state index contributed by atoms with van der Waals surface area (Å²) < 4.78 is 43.2. The zero-order valence-electron chi connectivity index (χ0n) is 11.2. The van der Waals surface area contributed by atoms with Gasteiger partial charge in [-0.1, -0.05) is 11.2 Å². The van der Waals surface area contributed by atoms with Crippen molar-refractivity contribution in [1.82, 2.24) is 15.5 Å². The maximum atomic E-state index is 12.7. The topological polar surface area (TPSA) is 51.0 Å². The van der Waals surface area contributed by atoms with Gasteiger partial charge in [0.15, 0.2) is 5.82 Å². The molecular formula is C14H14F3N3O. The zero-order chi connectivity index (χ0) is 14.9. The molecule has 1 fully saturated rings. The third-order valence-corrected chi connectivity index (χ3v) is 3.58. The van der Waals surface area contributed by atoms with E-state index in [1.54, 1.807) is 0 Å². The van der Waals surface area contributed by atoms with Crippen LogP contribution in [0.15, 0.2) is 28.8 Å². The van der Waals surface area contributed by atoms with Gasteiger partial charge in [0.2, 0.25) is 0 Å². The van der Waals surface area contributed by atoms with Crippen LogP contribution in [0.4, 0.5) is 13.2 Å². The Labute approximate surface area is 119 Å². The molecule has 7 heteroatoms. The lowest BCUT2D eigenvalue weighted by atomic mass is 9.98. The third kappa shape index (κ3) is 3.07. The van der Waals surface area contributed by atoms with Gasteiger partial charge in [-0.15, -0.1) is 0 Å². The van der Waals surface area contributed by atoms with E-state index in [2.05, 4.69) is 15.5 Å². The Morgan fingerprint density at radius 2 is 1.95 bits per heavy atom. The Morgan fingerprint density at radius 1 is 1.19 bits per heavy atom. The van der Waals surface area contributed by atoms with Crippen LogP contribution in [-0.2, 0) is 6.18 Å². The Bertz CT molecular complexity index is 618. The predicted molar refractivity (Wildman–Crippen MR) is 69.6 cm³/mol. The molecule has 4 nitrogen and oxygen atoms in total. The van der Waals surface area contributed by atoms with Gasteiger partial charge in [-0.05, 0) is 44.1 Å². The van der Waals surface area contributed by atoms with Crippen LogP contribution in [0.3, 0.4) is 0 Å². The minimum Gasteiger partial charge on any atom is -0.334 e. The summed E-state index contributed by atoms with van der Waals surface area (Å²) in [6, 6.07) is 4.93. The molecule has 1 aliphatic heterocycles. The van der Waals surface area contributed by atoms with Crippen LogP contribution >= 0.6 is 0 Å². The van der Waals surface area contributed by atoms with Crippen LogP contribution in [0.25, 0.3) is 11.5 Å². The van der Waals surface area contributed by atoms with Gasteiger partial charge in [0.05, 0.1) is 5.56 Å². The van der Waals surface area contributed by atoms with Crippen LogP contribution in [0, 0.1) is 0 Å². The molecule has 1 aromatic heterocycles. The van der Waals surface area contributed by atoms with Crippen LogP contribution < -0.4 is 5.32 Å². The van der Waals surface area contributed by atoms with Gasteiger partial charge in [-0.3, -0.25) is 0 Å². The molecule has 0 aliphatic carbocycles. The first-order valence-electron chi connectivity index (χ1n) is 6.76. The number of alkyl halides is 3. The summed E-state index contributed by atoms with van der Waals surface area (Å²) in [5.74, 6) is 0.910. The van der Waals surface area contributed by atoms with E-state index in [4.69, 9.17) is 4.52 Å². The molecule has 2 heterocycles. The first-order valence-corrected chi connectivity index (χ1v) is 6.76. The fourth-order valence-corrected chi connectivity index (χ4v) is 2.43. The minimum atomic E-state index is -4.38. The second-order valence-corrected chi connectivity index (χ2v) is 5.06. The normalized spacial score (nSPS) is 17.1. The fourth-order valence-electron chi connectivity index (χ4n) is 2.43. The lowest BCUT2D eigenvalue weighted by Gasteiger charge is -2.18. The smallest absolute Gasteiger partial charge is 0.334 e. The number of piperidine rings is 1. The minimum absolute atomic E-state index is 0.134. The van der Waals surface area contributed by atoms with Crippen molar-refractivity contribution in [2.24, 2.45) is 0 Å². The summed E-state index contributed by atoms with van der Waals surface area (Å²) >= 11 is 0. The highest BCUT2D eigenvalue weighted by atomic mass is 19.4. The summed E-state index contributed by atoms with van der Waals surface area (Å²) in [4.78, 5) is 4.25. The van der Waals surface area contributed by atoms with Gasteiger partial charge in [0, 0.05) is 11.5 Å². The van der Waals surface area contributed by atoms with Crippen molar-refractivity contribution in [1.29, 1.82) is 0 Å². The lowest BCUT2D eigenvalue weighted by molar-refractivity contribution is -0.137.